The lowest BCUT2D eigenvalue weighted by atomic mass is 9.93. The Hall–Kier alpha value is -0.280. The number of hydrogen-bond acceptors (Lipinski definition) is 2. The highest BCUT2D eigenvalue weighted by Gasteiger charge is 2.32. The second kappa shape index (κ2) is 6.45. The van der Waals surface area contributed by atoms with Crippen molar-refractivity contribution in [1.82, 2.24) is 10.2 Å². The molecule has 0 saturated carbocycles. The highest BCUT2D eigenvalue weighted by molar-refractivity contribution is 6.30. The highest BCUT2D eigenvalue weighted by atomic mass is 35.5. The quantitative estimate of drug-likeness (QED) is 0.902. The smallest absolute Gasteiger partial charge is 0.0408 e. The van der Waals surface area contributed by atoms with Crippen molar-refractivity contribution in [2.45, 2.75) is 32.4 Å². The Kier molecular flexibility index (Phi) is 5.13. The van der Waals surface area contributed by atoms with E-state index in [1.807, 2.05) is 6.07 Å². The Morgan fingerprint density at radius 3 is 3.00 bits per heavy atom. The summed E-state index contributed by atoms with van der Waals surface area (Å²) in [7, 11) is 0. The molecule has 0 bridgehead atoms. The van der Waals surface area contributed by atoms with Crippen molar-refractivity contribution in [3.8, 4) is 0 Å². The van der Waals surface area contributed by atoms with E-state index < -0.39 is 0 Å². The van der Waals surface area contributed by atoms with E-state index >= 15 is 0 Å². The summed E-state index contributed by atoms with van der Waals surface area (Å²) >= 11 is 6.01. The van der Waals surface area contributed by atoms with Crippen LogP contribution in [0.3, 0.4) is 0 Å². The van der Waals surface area contributed by atoms with Gasteiger partial charge in [0.15, 0.2) is 0 Å². The number of aryl methyl sites for hydroxylation is 1. The molecule has 2 nitrogen and oxygen atoms in total. The number of nitrogens with zero attached hydrogens (tertiary/aromatic N) is 1. The van der Waals surface area contributed by atoms with Crippen LogP contribution in [0.1, 0.15) is 24.0 Å². The van der Waals surface area contributed by atoms with Crippen molar-refractivity contribution in [3.63, 3.8) is 0 Å². The van der Waals surface area contributed by atoms with Crippen LogP contribution < -0.4 is 5.32 Å². The molecule has 0 amide bonds. The molecule has 1 N–H and O–H groups in total. The summed E-state index contributed by atoms with van der Waals surface area (Å²) in [6.07, 6.45) is 2.65. The summed E-state index contributed by atoms with van der Waals surface area (Å²) in [5, 5.41) is 4.46. The van der Waals surface area contributed by atoms with Gasteiger partial charge in [0.05, 0.1) is 0 Å². The van der Waals surface area contributed by atoms with Crippen LogP contribution in [-0.4, -0.2) is 30.6 Å². The largest absolute Gasteiger partial charge is 0.314 e. The zero-order valence-electron chi connectivity index (χ0n) is 11.4. The first kappa shape index (κ1) is 15.1. The van der Waals surface area contributed by atoms with Gasteiger partial charge in [0.25, 0.3) is 0 Å². The maximum absolute atomic E-state index is 6.01. The van der Waals surface area contributed by atoms with Crippen molar-refractivity contribution in [2.75, 3.05) is 19.6 Å². The van der Waals surface area contributed by atoms with Crippen LogP contribution in [0, 0.1) is 12.8 Å². The van der Waals surface area contributed by atoms with Gasteiger partial charge in [-0.3, -0.25) is 4.90 Å². The minimum Gasteiger partial charge on any atom is -0.314 e. The highest BCUT2D eigenvalue weighted by Crippen LogP contribution is 2.26. The molecule has 0 spiro atoms. The van der Waals surface area contributed by atoms with Gasteiger partial charge in [-0.2, -0.15) is 0 Å². The number of halogens is 2. The molecule has 0 radical (unpaired) electrons. The summed E-state index contributed by atoms with van der Waals surface area (Å²) in [5.74, 6) is 0.867. The molecule has 3 rings (SSSR count). The Morgan fingerprint density at radius 1 is 1.37 bits per heavy atom. The van der Waals surface area contributed by atoms with E-state index in [1.165, 1.54) is 43.6 Å². The molecule has 2 aliphatic rings. The standard InChI is InChI=1S/C15H21ClN2.ClH/c1-11-8-14(16)3-2-12(11)9-18-7-5-15-13(10-18)4-6-17-15;/h2-3,8,13,15,17H,4-7,9-10H2,1H3;1H. The lowest BCUT2D eigenvalue weighted by Crippen LogP contribution is -2.44. The predicted octanol–water partition coefficient (Wildman–Crippen LogP) is 3.25. The van der Waals surface area contributed by atoms with Gasteiger partial charge in [0, 0.05) is 24.2 Å². The van der Waals surface area contributed by atoms with Crippen molar-refractivity contribution in [2.24, 2.45) is 5.92 Å². The molecule has 0 aliphatic carbocycles. The van der Waals surface area contributed by atoms with E-state index in [4.69, 9.17) is 11.6 Å². The predicted molar refractivity (Wildman–Crippen MR) is 83.2 cm³/mol. The molecule has 2 atom stereocenters. The van der Waals surface area contributed by atoms with Gasteiger partial charge in [-0.1, -0.05) is 17.7 Å². The molecule has 2 unspecified atom stereocenters. The average Bonchev–Trinajstić information content (AvgIpc) is 2.80. The van der Waals surface area contributed by atoms with E-state index in [1.54, 1.807) is 0 Å². The van der Waals surface area contributed by atoms with Crippen LogP contribution in [-0.2, 0) is 6.54 Å². The van der Waals surface area contributed by atoms with Crippen LogP contribution in [0.2, 0.25) is 5.02 Å². The van der Waals surface area contributed by atoms with Crippen molar-refractivity contribution in [3.05, 3.63) is 34.3 Å². The third-order valence-corrected chi connectivity index (χ3v) is 4.67. The summed E-state index contributed by atoms with van der Waals surface area (Å²) in [4.78, 5) is 2.60. The van der Waals surface area contributed by atoms with E-state index in [0.29, 0.717) is 0 Å². The fraction of sp³-hybridized carbons (Fsp3) is 0.600. The van der Waals surface area contributed by atoms with Crippen LogP contribution in [0.5, 0.6) is 0 Å². The zero-order chi connectivity index (χ0) is 12.5. The number of nitrogens with one attached hydrogen (secondary N) is 1. The first-order chi connectivity index (χ1) is 8.72. The maximum atomic E-state index is 6.01. The molecule has 2 heterocycles. The second-order valence-corrected chi connectivity index (χ2v) is 6.14. The summed E-state index contributed by atoms with van der Waals surface area (Å²) in [6, 6.07) is 7.04. The lowest BCUT2D eigenvalue weighted by molar-refractivity contribution is 0.155. The van der Waals surface area contributed by atoms with E-state index in [2.05, 4.69) is 29.3 Å². The van der Waals surface area contributed by atoms with Gasteiger partial charge < -0.3 is 5.32 Å². The number of benzene rings is 1. The summed E-state index contributed by atoms with van der Waals surface area (Å²) in [5.41, 5.74) is 2.73. The number of likely N-dealkylation sites (tertiary alicyclic amines) is 1. The minimum atomic E-state index is 0. The molecular formula is C15H22Cl2N2. The van der Waals surface area contributed by atoms with Gasteiger partial charge >= 0.3 is 0 Å². The molecule has 4 heteroatoms. The Morgan fingerprint density at radius 2 is 2.21 bits per heavy atom. The second-order valence-electron chi connectivity index (χ2n) is 5.70. The van der Waals surface area contributed by atoms with Gasteiger partial charge in [-0.25, -0.2) is 0 Å². The monoisotopic (exact) mass is 300 g/mol. The van der Waals surface area contributed by atoms with Gasteiger partial charge in [-0.05, 0) is 62.0 Å². The fourth-order valence-corrected chi connectivity index (χ4v) is 3.57. The lowest BCUT2D eigenvalue weighted by Gasteiger charge is -2.35. The van der Waals surface area contributed by atoms with Crippen LogP contribution in [0.15, 0.2) is 18.2 Å². The Balaban J connectivity index is 0.00000133. The van der Waals surface area contributed by atoms with Crippen LogP contribution in [0.4, 0.5) is 0 Å². The van der Waals surface area contributed by atoms with Crippen molar-refractivity contribution >= 4 is 24.0 Å². The van der Waals surface area contributed by atoms with Crippen LogP contribution >= 0.6 is 24.0 Å². The molecule has 19 heavy (non-hydrogen) atoms. The van der Waals surface area contributed by atoms with Crippen LogP contribution in [0.25, 0.3) is 0 Å². The maximum Gasteiger partial charge on any atom is 0.0408 e. The first-order valence-electron chi connectivity index (χ1n) is 6.93. The minimum absolute atomic E-state index is 0. The van der Waals surface area contributed by atoms with Crippen molar-refractivity contribution < 1.29 is 0 Å². The molecule has 2 saturated heterocycles. The fourth-order valence-electron chi connectivity index (χ4n) is 3.34. The molecule has 1 aromatic rings. The third-order valence-electron chi connectivity index (χ3n) is 4.44. The molecule has 0 aromatic heterocycles. The Labute approximate surface area is 126 Å². The zero-order valence-corrected chi connectivity index (χ0v) is 12.9. The average molecular weight is 301 g/mol. The molecule has 2 aliphatic heterocycles. The SMILES string of the molecule is Cc1cc(Cl)ccc1CN1CCC2NCCC2C1.Cl. The topological polar surface area (TPSA) is 15.3 Å². The summed E-state index contributed by atoms with van der Waals surface area (Å²) in [6.45, 7) is 6.91. The molecule has 2 fully saturated rings. The first-order valence-corrected chi connectivity index (χ1v) is 7.31. The van der Waals surface area contributed by atoms with E-state index in [0.717, 1.165) is 23.5 Å². The number of hydrogen-bond donors (Lipinski definition) is 1. The number of fused-ring (bicyclic) bond motifs is 1. The molecule has 1 aromatic carbocycles. The number of piperidine rings is 1. The Bertz CT molecular complexity index is 436. The normalized spacial score (nSPS) is 26.8. The van der Waals surface area contributed by atoms with E-state index in [-0.39, 0.29) is 12.4 Å². The summed E-state index contributed by atoms with van der Waals surface area (Å²) < 4.78 is 0. The molecular weight excluding hydrogens is 279 g/mol. The van der Waals surface area contributed by atoms with Gasteiger partial charge in [0.2, 0.25) is 0 Å². The third kappa shape index (κ3) is 3.43. The van der Waals surface area contributed by atoms with Gasteiger partial charge in [-0.15, -0.1) is 12.4 Å². The molecule has 106 valence electrons. The van der Waals surface area contributed by atoms with Crippen molar-refractivity contribution in [1.29, 1.82) is 0 Å². The van der Waals surface area contributed by atoms with E-state index in [9.17, 15) is 0 Å². The number of rotatable bonds is 2. The van der Waals surface area contributed by atoms with Gasteiger partial charge in [0.1, 0.15) is 0 Å².